The number of benzene rings is 1. The van der Waals surface area contributed by atoms with Crippen molar-refractivity contribution in [1.29, 1.82) is 0 Å². The number of nitrogens with one attached hydrogen (secondary N) is 1. The van der Waals surface area contributed by atoms with Gasteiger partial charge in [0.05, 0.1) is 24.9 Å². The van der Waals surface area contributed by atoms with Gasteiger partial charge in [-0.3, -0.25) is 4.79 Å². The number of carboxylic acids is 1. The molecule has 1 heterocycles. The molecule has 1 aromatic carbocycles. The lowest BCUT2D eigenvalue weighted by molar-refractivity contribution is -0.130. The summed E-state index contributed by atoms with van der Waals surface area (Å²) in [4.78, 5) is 23.5. The normalized spacial score (nSPS) is 18.6. The molecular formula is C18H25NO6. The third-order valence-electron chi connectivity index (χ3n) is 3.99. The zero-order valence-corrected chi connectivity index (χ0v) is 14.6. The van der Waals surface area contributed by atoms with Crippen molar-refractivity contribution in [2.45, 2.75) is 45.0 Å². The first-order chi connectivity index (χ1) is 12.0. The third-order valence-corrected chi connectivity index (χ3v) is 3.99. The van der Waals surface area contributed by atoms with Crippen LogP contribution in [0.5, 0.6) is 0 Å². The monoisotopic (exact) mass is 351 g/mol. The molecule has 0 radical (unpaired) electrons. The van der Waals surface area contributed by atoms with Gasteiger partial charge in [0.15, 0.2) is 0 Å². The van der Waals surface area contributed by atoms with E-state index >= 15 is 0 Å². The van der Waals surface area contributed by atoms with E-state index in [-0.39, 0.29) is 24.2 Å². The average Bonchev–Trinajstić information content (AvgIpc) is 2.60. The summed E-state index contributed by atoms with van der Waals surface area (Å²) < 4.78 is 16.2. The summed E-state index contributed by atoms with van der Waals surface area (Å²) in [6.07, 6.45) is 2.49. The molecule has 2 unspecified atom stereocenters. The molecule has 2 N–H and O–H groups in total. The van der Waals surface area contributed by atoms with Crippen molar-refractivity contribution in [2.24, 2.45) is 0 Å². The fourth-order valence-electron chi connectivity index (χ4n) is 2.65. The van der Waals surface area contributed by atoms with Gasteiger partial charge in [0.2, 0.25) is 0 Å². The second-order valence-electron chi connectivity index (χ2n) is 6.11. The van der Waals surface area contributed by atoms with Gasteiger partial charge < -0.3 is 24.6 Å². The maximum atomic E-state index is 12.3. The molecule has 0 aliphatic carbocycles. The van der Waals surface area contributed by atoms with Crippen LogP contribution in [0.4, 0.5) is 5.69 Å². The minimum atomic E-state index is -1.06. The lowest BCUT2D eigenvalue weighted by atomic mass is 10.1. The summed E-state index contributed by atoms with van der Waals surface area (Å²) in [5.41, 5.74) is 1.16. The van der Waals surface area contributed by atoms with E-state index in [1.54, 1.807) is 13.0 Å². The summed E-state index contributed by atoms with van der Waals surface area (Å²) in [5, 5.41) is 11.9. The Hall–Kier alpha value is -1.96. The van der Waals surface area contributed by atoms with Gasteiger partial charge in [0.25, 0.3) is 5.91 Å². The predicted octanol–water partition coefficient (Wildman–Crippen LogP) is 2.44. The van der Waals surface area contributed by atoms with Crippen molar-refractivity contribution in [3.63, 3.8) is 0 Å². The molecule has 1 aromatic rings. The van der Waals surface area contributed by atoms with Crippen LogP contribution in [0.3, 0.4) is 0 Å². The Morgan fingerprint density at radius 1 is 1.36 bits per heavy atom. The molecule has 1 aliphatic heterocycles. The topological polar surface area (TPSA) is 94.1 Å². The number of carbonyl (C=O) groups is 2. The van der Waals surface area contributed by atoms with E-state index in [1.165, 1.54) is 19.2 Å². The lowest BCUT2D eigenvalue weighted by Gasteiger charge is -2.24. The molecule has 1 fully saturated rings. The zero-order chi connectivity index (χ0) is 18.2. The van der Waals surface area contributed by atoms with Gasteiger partial charge in [-0.1, -0.05) is 0 Å². The first kappa shape index (κ1) is 19.4. The third kappa shape index (κ3) is 6.12. The van der Waals surface area contributed by atoms with Gasteiger partial charge in [-0.2, -0.15) is 0 Å². The summed E-state index contributed by atoms with van der Waals surface area (Å²) in [6, 6.07) is 4.61. The maximum absolute atomic E-state index is 12.3. The first-order valence-electron chi connectivity index (χ1n) is 8.40. The van der Waals surface area contributed by atoms with Crippen molar-refractivity contribution in [2.75, 3.05) is 25.6 Å². The Balaban J connectivity index is 1.94. The van der Waals surface area contributed by atoms with Gasteiger partial charge in [0.1, 0.15) is 6.10 Å². The number of anilines is 1. The van der Waals surface area contributed by atoms with Crippen molar-refractivity contribution in [1.82, 2.24) is 0 Å². The molecule has 7 heteroatoms. The number of carboxylic acid groups (broad SMARTS) is 1. The second kappa shape index (κ2) is 9.50. The highest BCUT2D eigenvalue weighted by atomic mass is 16.5. The molecule has 2 rings (SSSR count). The largest absolute Gasteiger partial charge is 0.478 e. The summed E-state index contributed by atoms with van der Waals surface area (Å²) >= 11 is 0. The summed E-state index contributed by atoms with van der Waals surface area (Å²) in [6.45, 7) is 3.03. The van der Waals surface area contributed by atoms with Crippen LogP contribution in [0.25, 0.3) is 0 Å². The van der Waals surface area contributed by atoms with E-state index in [9.17, 15) is 14.7 Å². The number of hydrogen-bond donors (Lipinski definition) is 2. The van der Waals surface area contributed by atoms with Crippen molar-refractivity contribution < 1.29 is 28.9 Å². The number of carbonyl (C=O) groups excluding carboxylic acids is 1. The molecule has 25 heavy (non-hydrogen) atoms. The SMILES string of the molecule is COCc1cc(NC(=O)C(C)OCC2CCCCO2)cc(C(=O)O)c1. The fraction of sp³-hybridized carbons (Fsp3) is 0.556. The van der Waals surface area contributed by atoms with Gasteiger partial charge in [-0.15, -0.1) is 0 Å². The molecule has 138 valence electrons. The highest BCUT2D eigenvalue weighted by molar-refractivity contribution is 5.96. The molecule has 2 atom stereocenters. The Morgan fingerprint density at radius 3 is 2.80 bits per heavy atom. The van der Waals surface area contributed by atoms with Crippen molar-refractivity contribution in [3.05, 3.63) is 29.3 Å². The highest BCUT2D eigenvalue weighted by Crippen LogP contribution is 2.17. The van der Waals surface area contributed by atoms with Gasteiger partial charge in [-0.25, -0.2) is 4.79 Å². The number of hydrogen-bond acceptors (Lipinski definition) is 5. The van der Waals surface area contributed by atoms with Crippen molar-refractivity contribution in [3.8, 4) is 0 Å². The molecule has 1 saturated heterocycles. The molecule has 0 bridgehead atoms. The van der Waals surface area contributed by atoms with E-state index in [0.717, 1.165) is 25.9 Å². The Labute approximate surface area is 147 Å². The minimum absolute atomic E-state index is 0.0349. The summed E-state index contributed by atoms with van der Waals surface area (Å²) in [5.74, 6) is -1.39. The van der Waals surface area contributed by atoms with Crippen LogP contribution in [0.1, 0.15) is 42.1 Å². The minimum Gasteiger partial charge on any atom is -0.478 e. The van der Waals surface area contributed by atoms with Gasteiger partial charge >= 0.3 is 5.97 Å². The Morgan fingerprint density at radius 2 is 2.16 bits per heavy atom. The molecular weight excluding hydrogens is 326 g/mol. The highest BCUT2D eigenvalue weighted by Gasteiger charge is 2.19. The molecule has 1 aliphatic rings. The van der Waals surface area contributed by atoms with Crippen LogP contribution in [0, 0.1) is 0 Å². The van der Waals surface area contributed by atoms with E-state index < -0.39 is 12.1 Å². The van der Waals surface area contributed by atoms with Crippen LogP contribution in [0.15, 0.2) is 18.2 Å². The molecule has 0 spiro atoms. The van der Waals surface area contributed by atoms with Gasteiger partial charge in [-0.05, 0) is 49.9 Å². The smallest absolute Gasteiger partial charge is 0.335 e. The van der Waals surface area contributed by atoms with E-state index in [2.05, 4.69) is 5.32 Å². The fourth-order valence-corrected chi connectivity index (χ4v) is 2.65. The Bertz CT molecular complexity index is 597. The number of amides is 1. The number of methoxy groups -OCH3 is 1. The standard InChI is InChI=1S/C18H25NO6/c1-12(25-11-16-5-3-4-6-24-16)17(20)19-15-8-13(10-23-2)7-14(9-15)18(21)22/h7-9,12,16H,3-6,10-11H2,1-2H3,(H,19,20)(H,21,22). The van der Waals surface area contributed by atoms with E-state index in [4.69, 9.17) is 14.2 Å². The second-order valence-corrected chi connectivity index (χ2v) is 6.11. The Kier molecular flexibility index (Phi) is 7.36. The first-order valence-corrected chi connectivity index (χ1v) is 8.40. The summed E-state index contributed by atoms with van der Waals surface area (Å²) in [7, 11) is 1.52. The van der Waals surface area contributed by atoms with Crippen LogP contribution < -0.4 is 5.32 Å². The van der Waals surface area contributed by atoms with Crippen LogP contribution in [-0.4, -0.2) is 49.5 Å². The van der Waals surface area contributed by atoms with Crippen molar-refractivity contribution >= 4 is 17.6 Å². The molecule has 0 aromatic heterocycles. The average molecular weight is 351 g/mol. The lowest BCUT2D eigenvalue weighted by Crippen LogP contribution is -2.32. The number of aromatic carboxylic acids is 1. The maximum Gasteiger partial charge on any atom is 0.335 e. The quantitative estimate of drug-likeness (QED) is 0.747. The van der Waals surface area contributed by atoms with Crippen LogP contribution in [0.2, 0.25) is 0 Å². The van der Waals surface area contributed by atoms with Crippen LogP contribution >= 0.6 is 0 Å². The number of rotatable bonds is 8. The molecule has 1 amide bonds. The zero-order valence-electron chi connectivity index (χ0n) is 14.6. The molecule has 7 nitrogen and oxygen atoms in total. The van der Waals surface area contributed by atoms with Crippen LogP contribution in [-0.2, 0) is 25.6 Å². The van der Waals surface area contributed by atoms with E-state index in [0.29, 0.717) is 17.9 Å². The van der Waals surface area contributed by atoms with E-state index in [1.807, 2.05) is 0 Å². The number of ether oxygens (including phenoxy) is 3. The van der Waals surface area contributed by atoms with Gasteiger partial charge in [0, 0.05) is 19.4 Å². The predicted molar refractivity (Wildman–Crippen MR) is 91.7 cm³/mol. The molecule has 0 saturated carbocycles.